The summed E-state index contributed by atoms with van der Waals surface area (Å²) in [7, 11) is 2.19. The topological polar surface area (TPSA) is 29.3 Å². The van der Waals surface area contributed by atoms with Crippen molar-refractivity contribution in [2.24, 2.45) is 5.73 Å². The summed E-state index contributed by atoms with van der Waals surface area (Å²) in [6, 6.07) is 2.70. The molecule has 0 aliphatic heterocycles. The molecule has 0 amide bonds. The van der Waals surface area contributed by atoms with Crippen LogP contribution in [0.3, 0.4) is 0 Å². The summed E-state index contributed by atoms with van der Waals surface area (Å²) in [5.41, 5.74) is 7.35. The fourth-order valence-corrected chi connectivity index (χ4v) is 4.68. The van der Waals surface area contributed by atoms with Gasteiger partial charge in [0.05, 0.1) is 3.79 Å². The maximum Gasteiger partial charge on any atom is 0.0701 e. The van der Waals surface area contributed by atoms with Crippen molar-refractivity contribution in [3.8, 4) is 0 Å². The maximum absolute atomic E-state index is 5.97. The van der Waals surface area contributed by atoms with Crippen molar-refractivity contribution < 1.29 is 0 Å². The second-order valence-electron chi connectivity index (χ2n) is 4.69. The van der Waals surface area contributed by atoms with Crippen LogP contribution < -0.4 is 5.73 Å². The molecule has 0 spiro atoms. The smallest absolute Gasteiger partial charge is 0.0701 e. The molecule has 1 aromatic rings. The van der Waals surface area contributed by atoms with Crippen molar-refractivity contribution in [2.75, 3.05) is 19.8 Å². The number of nitrogens with two attached hydrogens (primary N) is 1. The van der Waals surface area contributed by atoms with Crippen LogP contribution in [0.15, 0.2) is 15.2 Å². The van der Waals surface area contributed by atoms with Gasteiger partial charge in [0.1, 0.15) is 0 Å². The third-order valence-corrected chi connectivity index (χ3v) is 6.61. The highest BCUT2D eigenvalue weighted by Crippen LogP contribution is 2.51. The number of halogens is 1. The molecule has 0 aromatic carbocycles. The van der Waals surface area contributed by atoms with Gasteiger partial charge in [-0.15, -0.1) is 11.3 Å². The molecule has 1 saturated carbocycles. The molecule has 1 aliphatic rings. The first-order valence-electron chi connectivity index (χ1n) is 5.79. The SMILES string of the molecule is CSC1(C(CN)N(C)Cc2csc(Br)c2)CC1. The van der Waals surface area contributed by atoms with Crippen molar-refractivity contribution in [3.05, 3.63) is 20.8 Å². The van der Waals surface area contributed by atoms with Crippen LogP contribution in [0, 0.1) is 0 Å². The van der Waals surface area contributed by atoms with Gasteiger partial charge in [-0.3, -0.25) is 4.90 Å². The molecule has 1 atom stereocenters. The molecular formula is C12H19BrN2S2. The second-order valence-corrected chi connectivity index (χ2v) is 8.21. The van der Waals surface area contributed by atoms with Gasteiger partial charge in [-0.25, -0.2) is 0 Å². The quantitative estimate of drug-likeness (QED) is 0.866. The minimum Gasteiger partial charge on any atom is -0.329 e. The fourth-order valence-electron chi connectivity index (χ4n) is 2.42. The predicted octanol–water partition coefficient (Wildman–Crippen LogP) is 3.17. The lowest BCUT2D eigenvalue weighted by atomic mass is 10.1. The summed E-state index contributed by atoms with van der Waals surface area (Å²) >= 11 is 7.25. The summed E-state index contributed by atoms with van der Waals surface area (Å²) in [5.74, 6) is 0. The monoisotopic (exact) mass is 334 g/mol. The Morgan fingerprint density at radius 1 is 1.65 bits per heavy atom. The van der Waals surface area contributed by atoms with Gasteiger partial charge in [0.2, 0.25) is 0 Å². The zero-order valence-corrected chi connectivity index (χ0v) is 13.5. The van der Waals surface area contributed by atoms with E-state index in [1.165, 1.54) is 22.2 Å². The standard InChI is InChI=1S/C12H19BrN2S2/c1-15(7-9-5-11(13)17-8-9)10(6-14)12(16-2)3-4-12/h5,8,10H,3-4,6-7,14H2,1-2H3. The number of thioether (sulfide) groups is 1. The Hall–Kier alpha value is 0.450. The number of hydrogen-bond donors (Lipinski definition) is 1. The van der Waals surface area contributed by atoms with Crippen molar-refractivity contribution in [3.63, 3.8) is 0 Å². The van der Waals surface area contributed by atoms with E-state index in [9.17, 15) is 0 Å². The predicted molar refractivity (Wildman–Crippen MR) is 81.8 cm³/mol. The minimum atomic E-state index is 0.427. The van der Waals surface area contributed by atoms with Crippen molar-refractivity contribution in [1.29, 1.82) is 0 Å². The van der Waals surface area contributed by atoms with E-state index in [0.29, 0.717) is 10.8 Å². The first-order chi connectivity index (χ1) is 8.11. The summed E-state index contributed by atoms with van der Waals surface area (Å²) < 4.78 is 1.63. The van der Waals surface area contributed by atoms with Gasteiger partial charge < -0.3 is 5.73 Å². The van der Waals surface area contributed by atoms with E-state index < -0.39 is 0 Å². The molecule has 2 N–H and O–H groups in total. The number of hydrogen-bond acceptors (Lipinski definition) is 4. The number of rotatable bonds is 6. The Kier molecular flexibility index (Phi) is 4.58. The molecule has 1 aromatic heterocycles. The van der Waals surface area contributed by atoms with Crippen LogP contribution in [0.2, 0.25) is 0 Å². The van der Waals surface area contributed by atoms with E-state index in [1.54, 1.807) is 11.3 Å². The Labute approximate surface area is 120 Å². The maximum atomic E-state index is 5.97. The van der Waals surface area contributed by atoms with Crippen LogP contribution in [0.1, 0.15) is 18.4 Å². The Morgan fingerprint density at radius 3 is 2.76 bits per heavy atom. The molecular weight excluding hydrogens is 316 g/mol. The zero-order valence-electron chi connectivity index (χ0n) is 10.3. The van der Waals surface area contributed by atoms with E-state index in [-0.39, 0.29) is 0 Å². The lowest BCUT2D eigenvalue weighted by molar-refractivity contribution is 0.227. The van der Waals surface area contributed by atoms with Gasteiger partial charge in [0, 0.05) is 23.9 Å². The summed E-state index contributed by atoms with van der Waals surface area (Å²) in [4.78, 5) is 2.41. The van der Waals surface area contributed by atoms with Crippen LogP contribution in [0.5, 0.6) is 0 Å². The molecule has 0 bridgehead atoms. The molecule has 0 saturated heterocycles. The zero-order chi connectivity index (χ0) is 12.5. The fraction of sp³-hybridized carbons (Fsp3) is 0.667. The summed E-state index contributed by atoms with van der Waals surface area (Å²) in [6.45, 7) is 1.74. The Balaban J connectivity index is 2.00. The van der Waals surface area contributed by atoms with Gasteiger partial charge in [-0.2, -0.15) is 11.8 Å². The van der Waals surface area contributed by atoms with Crippen molar-refractivity contribution in [2.45, 2.75) is 30.2 Å². The normalized spacial score (nSPS) is 19.6. The van der Waals surface area contributed by atoms with Crippen molar-refractivity contribution >= 4 is 39.0 Å². The van der Waals surface area contributed by atoms with Gasteiger partial charge in [-0.1, -0.05) is 0 Å². The highest BCUT2D eigenvalue weighted by atomic mass is 79.9. The molecule has 0 radical (unpaired) electrons. The van der Waals surface area contributed by atoms with Crippen LogP contribution in [-0.2, 0) is 6.54 Å². The minimum absolute atomic E-state index is 0.427. The average Bonchev–Trinajstić information content (AvgIpc) is 2.98. The van der Waals surface area contributed by atoms with E-state index in [2.05, 4.69) is 45.6 Å². The first kappa shape index (κ1) is 13.9. The van der Waals surface area contributed by atoms with E-state index in [1.807, 2.05) is 11.8 Å². The molecule has 2 rings (SSSR count). The van der Waals surface area contributed by atoms with Crippen LogP contribution >= 0.6 is 39.0 Å². The van der Waals surface area contributed by atoms with Gasteiger partial charge in [-0.05, 0) is 59.1 Å². The van der Waals surface area contributed by atoms with Gasteiger partial charge >= 0.3 is 0 Å². The molecule has 1 heterocycles. The molecule has 1 fully saturated rings. The lowest BCUT2D eigenvalue weighted by Crippen LogP contribution is -2.46. The number of nitrogens with zero attached hydrogens (tertiary/aromatic N) is 1. The van der Waals surface area contributed by atoms with Crippen LogP contribution in [-0.4, -0.2) is 35.5 Å². The first-order valence-corrected chi connectivity index (χ1v) is 8.69. The van der Waals surface area contributed by atoms with Gasteiger partial charge in [0.25, 0.3) is 0 Å². The molecule has 1 aliphatic carbocycles. The molecule has 96 valence electrons. The highest BCUT2D eigenvalue weighted by molar-refractivity contribution is 9.11. The summed E-state index contributed by atoms with van der Waals surface area (Å²) in [5, 5.41) is 2.22. The Morgan fingerprint density at radius 2 is 2.35 bits per heavy atom. The molecule has 1 unspecified atom stereocenters. The third kappa shape index (κ3) is 3.07. The third-order valence-electron chi connectivity index (χ3n) is 3.57. The van der Waals surface area contributed by atoms with E-state index in [4.69, 9.17) is 5.73 Å². The van der Waals surface area contributed by atoms with Crippen LogP contribution in [0.25, 0.3) is 0 Å². The largest absolute Gasteiger partial charge is 0.329 e. The molecule has 17 heavy (non-hydrogen) atoms. The average molecular weight is 335 g/mol. The van der Waals surface area contributed by atoms with E-state index >= 15 is 0 Å². The molecule has 2 nitrogen and oxygen atoms in total. The molecule has 5 heteroatoms. The van der Waals surface area contributed by atoms with E-state index in [0.717, 1.165) is 13.1 Å². The number of likely N-dealkylation sites (N-methyl/N-ethyl adjacent to an activating group) is 1. The highest BCUT2D eigenvalue weighted by Gasteiger charge is 2.49. The Bertz CT molecular complexity index is 376. The van der Waals surface area contributed by atoms with Crippen LogP contribution in [0.4, 0.5) is 0 Å². The summed E-state index contributed by atoms with van der Waals surface area (Å²) in [6.07, 6.45) is 4.84. The number of thiophene rings is 1. The lowest BCUT2D eigenvalue weighted by Gasteiger charge is -2.33. The van der Waals surface area contributed by atoms with Crippen molar-refractivity contribution in [1.82, 2.24) is 4.90 Å². The van der Waals surface area contributed by atoms with Gasteiger partial charge in [0.15, 0.2) is 0 Å². The second kappa shape index (κ2) is 5.61.